The summed E-state index contributed by atoms with van der Waals surface area (Å²) >= 11 is 0. The van der Waals surface area contributed by atoms with Crippen molar-refractivity contribution in [1.82, 2.24) is 15.0 Å². The molecule has 0 radical (unpaired) electrons. The maximum atomic E-state index is 6.49. The van der Waals surface area contributed by atoms with E-state index in [0.29, 0.717) is 5.82 Å². The second kappa shape index (κ2) is 11.3. The van der Waals surface area contributed by atoms with Crippen molar-refractivity contribution in [2.24, 2.45) is 0 Å². The average molecular weight is 604 g/mol. The van der Waals surface area contributed by atoms with E-state index < -0.39 is 0 Å². The van der Waals surface area contributed by atoms with E-state index in [1.807, 2.05) is 36.4 Å². The molecule has 0 spiro atoms. The molecule has 47 heavy (non-hydrogen) atoms. The third-order valence-corrected chi connectivity index (χ3v) is 8.96. The molecule has 4 heteroatoms. The number of nitrogens with zero attached hydrogens (tertiary/aromatic N) is 3. The Hall–Kier alpha value is -6.13. The summed E-state index contributed by atoms with van der Waals surface area (Å²) < 4.78 is 6.49. The number of aryl methyl sites for hydroxylation is 1. The third-order valence-electron chi connectivity index (χ3n) is 8.96. The fourth-order valence-corrected chi connectivity index (χ4v) is 6.56. The van der Waals surface area contributed by atoms with Crippen molar-refractivity contribution < 1.29 is 4.42 Å². The minimum absolute atomic E-state index is 0.681. The van der Waals surface area contributed by atoms with Crippen LogP contribution in [0.4, 0.5) is 0 Å². The van der Waals surface area contributed by atoms with E-state index in [0.717, 1.165) is 85.4 Å². The van der Waals surface area contributed by atoms with Gasteiger partial charge < -0.3 is 4.42 Å². The predicted molar refractivity (Wildman–Crippen MR) is 192 cm³/mol. The van der Waals surface area contributed by atoms with Gasteiger partial charge in [0.1, 0.15) is 11.3 Å². The molecule has 3 heterocycles. The van der Waals surface area contributed by atoms with E-state index in [4.69, 9.17) is 19.4 Å². The highest BCUT2D eigenvalue weighted by molar-refractivity contribution is 6.11. The lowest BCUT2D eigenvalue weighted by molar-refractivity contribution is 0.548. The van der Waals surface area contributed by atoms with Gasteiger partial charge >= 0.3 is 0 Å². The Morgan fingerprint density at radius 1 is 0.511 bits per heavy atom. The predicted octanol–water partition coefficient (Wildman–Crippen LogP) is 11.1. The van der Waals surface area contributed by atoms with Gasteiger partial charge in [0.05, 0.1) is 28.0 Å². The highest BCUT2D eigenvalue weighted by Gasteiger charge is 2.22. The molecule has 0 aliphatic heterocycles. The summed E-state index contributed by atoms with van der Waals surface area (Å²) in [5.41, 5.74) is 12.1. The van der Waals surface area contributed by atoms with Crippen LogP contribution in [0.2, 0.25) is 0 Å². The lowest BCUT2D eigenvalue weighted by atomic mass is 9.97. The molecule has 8 aromatic rings. The Bertz CT molecular complexity index is 2430. The fourth-order valence-electron chi connectivity index (χ4n) is 6.56. The number of hydrogen-bond acceptors (Lipinski definition) is 4. The van der Waals surface area contributed by atoms with Gasteiger partial charge in [0.25, 0.3) is 0 Å². The number of rotatable bonds is 5. The topological polar surface area (TPSA) is 51.8 Å². The first-order valence-corrected chi connectivity index (χ1v) is 16.0. The van der Waals surface area contributed by atoms with E-state index in [1.54, 1.807) is 0 Å². The number of fused-ring (bicyclic) bond motifs is 5. The summed E-state index contributed by atoms with van der Waals surface area (Å²) in [7, 11) is 0. The third kappa shape index (κ3) is 4.91. The molecule has 0 N–H and O–H groups in total. The van der Waals surface area contributed by atoms with Gasteiger partial charge in [-0.1, -0.05) is 133 Å². The smallest absolute Gasteiger partial charge is 0.160 e. The molecule has 0 atom stereocenters. The summed E-state index contributed by atoms with van der Waals surface area (Å²) in [6.45, 7) is 0. The zero-order valence-corrected chi connectivity index (χ0v) is 25.6. The molecule has 1 aliphatic carbocycles. The second-order valence-electron chi connectivity index (χ2n) is 11.9. The number of aromatic nitrogens is 3. The lowest BCUT2D eigenvalue weighted by Crippen LogP contribution is -1.96. The molecule has 1 aliphatic rings. The molecule has 5 aromatic carbocycles. The van der Waals surface area contributed by atoms with Crippen LogP contribution in [0.3, 0.4) is 0 Å². The summed E-state index contributed by atoms with van der Waals surface area (Å²) in [4.78, 5) is 15.3. The molecule has 0 saturated heterocycles. The minimum atomic E-state index is 0.681. The van der Waals surface area contributed by atoms with Crippen molar-refractivity contribution in [2.45, 2.75) is 12.8 Å². The highest BCUT2D eigenvalue weighted by atomic mass is 16.3. The van der Waals surface area contributed by atoms with Crippen LogP contribution in [0.5, 0.6) is 0 Å². The highest BCUT2D eigenvalue weighted by Crippen LogP contribution is 2.40. The van der Waals surface area contributed by atoms with Gasteiger partial charge in [0.2, 0.25) is 0 Å². The van der Waals surface area contributed by atoms with Crippen LogP contribution in [0.1, 0.15) is 17.7 Å². The first kappa shape index (κ1) is 27.2. The van der Waals surface area contributed by atoms with Crippen molar-refractivity contribution in [1.29, 1.82) is 0 Å². The number of hydrogen-bond donors (Lipinski definition) is 0. The van der Waals surface area contributed by atoms with Crippen LogP contribution in [0.25, 0.3) is 84.2 Å². The van der Waals surface area contributed by atoms with E-state index in [1.165, 1.54) is 11.1 Å². The van der Waals surface area contributed by atoms with Gasteiger partial charge in [-0.3, -0.25) is 0 Å². The molecule has 0 saturated carbocycles. The van der Waals surface area contributed by atoms with Crippen LogP contribution < -0.4 is 0 Å². The number of pyridine rings is 1. The van der Waals surface area contributed by atoms with Crippen molar-refractivity contribution in [3.63, 3.8) is 0 Å². The van der Waals surface area contributed by atoms with Gasteiger partial charge in [-0.25, -0.2) is 15.0 Å². The summed E-state index contributed by atoms with van der Waals surface area (Å²) in [5.74, 6) is 1.72. The van der Waals surface area contributed by atoms with Crippen LogP contribution in [-0.2, 0) is 6.42 Å². The fraction of sp³-hybridized carbons (Fsp3) is 0.0465. The lowest BCUT2D eigenvalue weighted by Gasteiger charge is -2.11. The quantitative estimate of drug-likeness (QED) is 0.196. The molecule has 0 amide bonds. The van der Waals surface area contributed by atoms with Crippen LogP contribution >= 0.6 is 0 Å². The van der Waals surface area contributed by atoms with Crippen molar-refractivity contribution in [2.75, 3.05) is 0 Å². The molecule has 3 aromatic heterocycles. The number of benzene rings is 5. The summed E-state index contributed by atoms with van der Waals surface area (Å²) in [5, 5.41) is 2.12. The Morgan fingerprint density at radius 2 is 1.09 bits per heavy atom. The monoisotopic (exact) mass is 603 g/mol. The summed E-state index contributed by atoms with van der Waals surface area (Å²) in [6.07, 6.45) is 6.31. The van der Waals surface area contributed by atoms with Gasteiger partial charge in [-0.15, -0.1) is 0 Å². The molecular weight excluding hydrogens is 574 g/mol. The number of para-hydroxylation sites is 1. The molecule has 0 unspecified atom stereocenters. The number of furan rings is 1. The zero-order chi connectivity index (χ0) is 31.2. The van der Waals surface area contributed by atoms with Crippen molar-refractivity contribution >= 4 is 27.9 Å². The van der Waals surface area contributed by atoms with E-state index in [-0.39, 0.29) is 0 Å². The van der Waals surface area contributed by atoms with Gasteiger partial charge in [-0.05, 0) is 35.7 Å². The van der Waals surface area contributed by atoms with Crippen LogP contribution in [0, 0.1) is 0 Å². The van der Waals surface area contributed by atoms with Crippen molar-refractivity contribution in [3.8, 4) is 56.3 Å². The molecular formula is C43H29N3O. The van der Waals surface area contributed by atoms with Gasteiger partial charge in [-0.2, -0.15) is 0 Å². The van der Waals surface area contributed by atoms with Crippen molar-refractivity contribution in [3.05, 3.63) is 157 Å². The average Bonchev–Trinajstić information content (AvgIpc) is 3.55. The zero-order valence-electron chi connectivity index (χ0n) is 25.6. The second-order valence-corrected chi connectivity index (χ2v) is 11.9. The Balaban J connectivity index is 1.15. The molecule has 9 rings (SSSR count). The van der Waals surface area contributed by atoms with E-state index >= 15 is 0 Å². The van der Waals surface area contributed by atoms with Crippen LogP contribution in [-0.4, -0.2) is 15.0 Å². The maximum absolute atomic E-state index is 6.49. The standard InChI is InChI=1S/C43H29N3O/c1-3-11-28(12-4-1)29-19-21-31(22-20-29)38-27-37(30-13-5-2-6-14-30)45-43(46-38)33-25-23-32(24-26-33)41-40-35-16-8-10-18-39(35)47-42(40)34-15-7-9-17-36(34)44-41/h1-9,11-17,19-27H,10,18H2. The first-order chi connectivity index (χ1) is 23.3. The Morgan fingerprint density at radius 3 is 1.83 bits per heavy atom. The van der Waals surface area contributed by atoms with E-state index in [2.05, 4.69) is 115 Å². The van der Waals surface area contributed by atoms with Gasteiger partial charge in [0.15, 0.2) is 5.82 Å². The largest absolute Gasteiger partial charge is 0.460 e. The molecule has 4 nitrogen and oxygen atoms in total. The maximum Gasteiger partial charge on any atom is 0.160 e. The Kier molecular flexibility index (Phi) is 6.57. The Labute approximate surface area is 272 Å². The number of allylic oxidation sites excluding steroid dienone is 1. The molecule has 0 bridgehead atoms. The summed E-state index contributed by atoms with van der Waals surface area (Å²) in [6, 6.07) is 48.1. The molecule has 0 fully saturated rings. The normalized spacial score (nSPS) is 12.4. The SMILES string of the molecule is C1=Cc2c(oc3c2c(-c2ccc(-c4nc(-c5ccccc5)cc(-c5ccc(-c6ccccc6)cc5)n4)cc2)nc2ccccc23)CC1. The van der Waals surface area contributed by atoms with Crippen LogP contribution in [0.15, 0.2) is 150 Å². The van der Waals surface area contributed by atoms with Gasteiger partial charge in [0, 0.05) is 39.6 Å². The minimum Gasteiger partial charge on any atom is -0.460 e. The first-order valence-electron chi connectivity index (χ1n) is 16.0. The molecule has 222 valence electrons. The van der Waals surface area contributed by atoms with E-state index in [9.17, 15) is 0 Å².